The van der Waals surface area contributed by atoms with Crippen molar-refractivity contribution >= 4 is 27.8 Å². The molecule has 1 N–H and O–H groups in total. The number of carbonyl (C=O) groups is 2. The molecule has 9 heteroatoms. The number of benzene rings is 1. The first-order valence-electron chi connectivity index (χ1n) is 6.97. The van der Waals surface area contributed by atoms with E-state index in [1.807, 2.05) is 0 Å². The Hall–Kier alpha value is -2.42. The predicted molar refractivity (Wildman–Crippen MR) is 85.5 cm³/mol. The fourth-order valence-corrected chi connectivity index (χ4v) is 2.30. The summed E-state index contributed by atoms with van der Waals surface area (Å²) in [7, 11) is 0. The molecule has 0 aliphatic rings. The van der Waals surface area contributed by atoms with Gasteiger partial charge in [-0.25, -0.2) is 4.79 Å². The number of pyridine rings is 1. The van der Waals surface area contributed by atoms with E-state index >= 15 is 0 Å². The van der Waals surface area contributed by atoms with Gasteiger partial charge in [0.05, 0.1) is 11.1 Å². The molecule has 0 aliphatic carbocycles. The van der Waals surface area contributed by atoms with Crippen LogP contribution in [0.15, 0.2) is 47.2 Å². The standard InChI is InChI=1S/C16H12BrF3N2O3/c17-12-5-11(6-21-8-12)15(24)25-9-14(23)22-7-10-3-1-2-4-13(10)16(18,19)20/h1-6,8H,7,9H2,(H,22,23). The summed E-state index contributed by atoms with van der Waals surface area (Å²) in [4.78, 5) is 27.2. The topological polar surface area (TPSA) is 68.3 Å². The number of rotatable bonds is 5. The molecular formula is C16H12BrF3N2O3. The maximum absolute atomic E-state index is 12.9. The molecule has 0 fully saturated rings. The zero-order valence-corrected chi connectivity index (χ0v) is 14.2. The second-order valence-corrected chi connectivity index (χ2v) is 5.82. The molecule has 2 rings (SSSR count). The third-order valence-electron chi connectivity index (χ3n) is 3.07. The van der Waals surface area contributed by atoms with Gasteiger partial charge in [0.2, 0.25) is 0 Å². The molecule has 1 aromatic carbocycles. The third kappa shape index (κ3) is 5.56. The molecule has 2 aromatic rings. The molecule has 0 aliphatic heterocycles. The van der Waals surface area contributed by atoms with Crippen molar-refractivity contribution in [2.75, 3.05) is 6.61 Å². The number of ether oxygens (including phenoxy) is 1. The summed E-state index contributed by atoms with van der Waals surface area (Å²) in [6, 6.07) is 6.37. The molecular weight excluding hydrogens is 405 g/mol. The summed E-state index contributed by atoms with van der Waals surface area (Å²) in [5.41, 5.74) is -0.761. The lowest BCUT2D eigenvalue weighted by atomic mass is 10.1. The molecule has 1 heterocycles. The summed E-state index contributed by atoms with van der Waals surface area (Å²) in [5.74, 6) is -1.48. The Labute approximate surface area is 149 Å². The normalized spacial score (nSPS) is 11.0. The number of esters is 1. The maximum atomic E-state index is 12.9. The molecule has 0 saturated heterocycles. The van der Waals surface area contributed by atoms with Crippen LogP contribution in [0.1, 0.15) is 21.5 Å². The van der Waals surface area contributed by atoms with Crippen LogP contribution in [0.25, 0.3) is 0 Å². The number of nitrogens with zero attached hydrogens (tertiary/aromatic N) is 1. The number of aromatic nitrogens is 1. The SMILES string of the molecule is O=C(COC(=O)c1cncc(Br)c1)NCc1ccccc1C(F)(F)F. The molecule has 25 heavy (non-hydrogen) atoms. The van der Waals surface area contributed by atoms with Gasteiger partial charge in [0.15, 0.2) is 6.61 Å². The van der Waals surface area contributed by atoms with Crippen LogP contribution in [-0.4, -0.2) is 23.5 Å². The smallest absolute Gasteiger partial charge is 0.416 e. The second kappa shape index (κ2) is 8.11. The van der Waals surface area contributed by atoms with E-state index in [1.165, 1.54) is 36.7 Å². The largest absolute Gasteiger partial charge is 0.452 e. The Balaban J connectivity index is 1.89. The lowest BCUT2D eigenvalue weighted by Gasteiger charge is -2.13. The van der Waals surface area contributed by atoms with Gasteiger partial charge in [-0.2, -0.15) is 13.2 Å². The van der Waals surface area contributed by atoms with Crippen LogP contribution in [0.4, 0.5) is 13.2 Å². The Morgan fingerprint density at radius 2 is 1.92 bits per heavy atom. The number of hydrogen-bond donors (Lipinski definition) is 1. The summed E-state index contributed by atoms with van der Waals surface area (Å²) in [5, 5.41) is 2.29. The summed E-state index contributed by atoms with van der Waals surface area (Å²) < 4.78 is 43.9. The van der Waals surface area contributed by atoms with Crippen molar-refractivity contribution in [3.05, 3.63) is 63.9 Å². The van der Waals surface area contributed by atoms with Crippen molar-refractivity contribution in [1.82, 2.24) is 10.3 Å². The van der Waals surface area contributed by atoms with Crippen LogP contribution in [0.2, 0.25) is 0 Å². The minimum Gasteiger partial charge on any atom is -0.452 e. The quantitative estimate of drug-likeness (QED) is 0.759. The Morgan fingerprint density at radius 3 is 2.60 bits per heavy atom. The van der Waals surface area contributed by atoms with E-state index in [-0.39, 0.29) is 17.7 Å². The molecule has 132 valence electrons. The average molecular weight is 417 g/mol. The second-order valence-electron chi connectivity index (χ2n) is 4.90. The van der Waals surface area contributed by atoms with E-state index in [2.05, 4.69) is 26.2 Å². The lowest BCUT2D eigenvalue weighted by Crippen LogP contribution is -2.29. The van der Waals surface area contributed by atoms with Gasteiger partial charge < -0.3 is 10.1 Å². The first-order valence-corrected chi connectivity index (χ1v) is 7.76. The number of carbonyl (C=O) groups excluding carboxylic acids is 2. The van der Waals surface area contributed by atoms with E-state index < -0.39 is 30.2 Å². The van der Waals surface area contributed by atoms with Crippen molar-refractivity contribution in [3.63, 3.8) is 0 Å². The van der Waals surface area contributed by atoms with Gasteiger partial charge in [-0.15, -0.1) is 0 Å². The number of amides is 1. The maximum Gasteiger partial charge on any atom is 0.416 e. The highest BCUT2D eigenvalue weighted by molar-refractivity contribution is 9.10. The first-order chi connectivity index (χ1) is 11.8. The van der Waals surface area contributed by atoms with Crippen molar-refractivity contribution in [3.8, 4) is 0 Å². The van der Waals surface area contributed by atoms with Gasteiger partial charge in [0, 0.05) is 23.4 Å². The van der Waals surface area contributed by atoms with Crippen molar-refractivity contribution in [2.45, 2.75) is 12.7 Å². The van der Waals surface area contributed by atoms with Gasteiger partial charge in [0.25, 0.3) is 5.91 Å². The van der Waals surface area contributed by atoms with Crippen molar-refractivity contribution < 1.29 is 27.5 Å². The highest BCUT2D eigenvalue weighted by Crippen LogP contribution is 2.31. The number of nitrogens with one attached hydrogen (secondary N) is 1. The minimum atomic E-state index is -4.51. The predicted octanol–water partition coefficient (Wildman–Crippen LogP) is 3.34. The van der Waals surface area contributed by atoms with E-state index in [0.717, 1.165) is 6.07 Å². The molecule has 0 atom stereocenters. The van der Waals surface area contributed by atoms with Crippen molar-refractivity contribution in [2.24, 2.45) is 0 Å². The molecule has 1 amide bonds. The van der Waals surface area contributed by atoms with Gasteiger partial charge in [-0.3, -0.25) is 9.78 Å². The molecule has 0 bridgehead atoms. The highest BCUT2D eigenvalue weighted by Gasteiger charge is 2.32. The van der Waals surface area contributed by atoms with Crippen LogP contribution in [0, 0.1) is 0 Å². The van der Waals surface area contributed by atoms with Gasteiger partial charge >= 0.3 is 12.1 Å². The molecule has 0 saturated carbocycles. The molecule has 0 radical (unpaired) electrons. The zero-order chi connectivity index (χ0) is 18.4. The number of halogens is 4. The zero-order valence-electron chi connectivity index (χ0n) is 12.6. The highest BCUT2D eigenvalue weighted by atomic mass is 79.9. The number of alkyl halides is 3. The third-order valence-corrected chi connectivity index (χ3v) is 3.51. The lowest BCUT2D eigenvalue weighted by molar-refractivity contribution is -0.138. The van der Waals surface area contributed by atoms with Gasteiger partial charge in [-0.1, -0.05) is 18.2 Å². The first kappa shape index (κ1) is 18.9. The van der Waals surface area contributed by atoms with Gasteiger partial charge in [0.1, 0.15) is 0 Å². The minimum absolute atomic E-state index is 0.0779. The van der Waals surface area contributed by atoms with Crippen LogP contribution in [-0.2, 0) is 22.3 Å². The Morgan fingerprint density at radius 1 is 1.20 bits per heavy atom. The van der Waals surface area contributed by atoms with E-state index in [9.17, 15) is 22.8 Å². The van der Waals surface area contributed by atoms with E-state index in [4.69, 9.17) is 4.74 Å². The molecule has 5 nitrogen and oxygen atoms in total. The van der Waals surface area contributed by atoms with Crippen molar-refractivity contribution in [1.29, 1.82) is 0 Å². The van der Waals surface area contributed by atoms with E-state index in [0.29, 0.717) is 4.47 Å². The van der Waals surface area contributed by atoms with Crippen LogP contribution in [0.3, 0.4) is 0 Å². The Kier molecular flexibility index (Phi) is 6.13. The molecule has 0 spiro atoms. The molecule has 0 unspecified atom stereocenters. The fraction of sp³-hybridized carbons (Fsp3) is 0.188. The molecule has 1 aromatic heterocycles. The van der Waals surface area contributed by atoms with Crippen LogP contribution < -0.4 is 5.32 Å². The number of hydrogen-bond acceptors (Lipinski definition) is 4. The summed E-state index contributed by atoms with van der Waals surface area (Å²) in [6.45, 7) is -0.940. The fourth-order valence-electron chi connectivity index (χ4n) is 1.93. The average Bonchev–Trinajstić information content (AvgIpc) is 2.57. The Bertz CT molecular complexity index is 781. The monoisotopic (exact) mass is 416 g/mol. The summed E-state index contributed by atoms with van der Waals surface area (Å²) in [6.07, 6.45) is -1.77. The van der Waals surface area contributed by atoms with Crippen LogP contribution in [0.5, 0.6) is 0 Å². The summed E-state index contributed by atoms with van der Waals surface area (Å²) >= 11 is 3.14. The van der Waals surface area contributed by atoms with E-state index in [1.54, 1.807) is 0 Å². The van der Waals surface area contributed by atoms with Gasteiger partial charge in [-0.05, 0) is 33.6 Å². The van der Waals surface area contributed by atoms with Crippen LogP contribution >= 0.6 is 15.9 Å².